The molecule has 0 bridgehead atoms. The Morgan fingerprint density at radius 1 is 1.24 bits per heavy atom. The number of pyridine rings is 1. The molecular weight excluding hydrogens is 337 g/mol. The smallest absolute Gasteiger partial charge is 0.417 e. The maximum Gasteiger partial charge on any atom is 0.417 e. The van der Waals surface area contributed by atoms with Crippen molar-refractivity contribution in [3.63, 3.8) is 0 Å². The lowest BCUT2D eigenvalue weighted by molar-refractivity contribution is -0.137. The summed E-state index contributed by atoms with van der Waals surface area (Å²) in [7, 11) is 1.48. The van der Waals surface area contributed by atoms with E-state index in [2.05, 4.69) is 15.5 Å². The number of methoxy groups -OCH3 is 1. The van der Waals surface area contributed by atoms with E-state index >= 15 is 0 Å². The van der Waals surface area contributed by atoms with Crippen molar-refractivity contribution in [3.05, 3.63) is 59.5 Å². The Bertz CT molecular complexity index is 921. The number of hydrogen-bond donors (Lipinski definition) is 1. The highest BCUT2D eigenvalue weighted by atomic mass is 19.4. The molecule has 1 N–H and O–H groups in total. The van der Waals surface area contributed by atoms with Crippen LogP contribution in [-0.2, 0) is 12.7 Å². The van der Waals surface area contributed by atoms with Gasteiger partial charge in [0, 0.05) is 11.8 Å². The number of carbonyl (C=O) groups excluding carboxylic acids is 1. The number of aromatic nitrogens is 3. The van der Waals surface area contributed by atoms with Gasteiger partial charge in [0.1, 0.15) is 5.75 Å². The van der Waals surface area contributed by atoms with Gasteiger partial charge in [-0.05, 0) is 30.3 Å². The molecule has 0 saturated heterocycles. The number of hydrogen-bond acceptors (Lipinski definition) is 4. The fourth-order valence-corrected chi connectivity index (χ4v) is 2.25. The molecular formula is C16H13F3N4O2. The standard InChI is InChI=1S/C16H13F3N4O2/c1-25-12-4-2-3-10(7-12)15(24)20-8-14-22-21-13-6-5-11(9-23(13)14)16(17,18)19/h2-7,9H,8H2,1H3,(H,20,24). The fraction of sp³-hybridized carbons (Fsp3) is 0.188. The average Bonchev–Trinajstić information content (AvgIpc) is 3.01. The Morgan fingerprint density at radius 3 is 2.76 bits per heavy atom. The number of ether oxygens (including phenoxy) is 1. The first-order chi connectivity index (χ1) is 11.9. The highest BCUT2D eigenvalue weighted by Gasteiger charge is 2.31. The van der Waals surface area contributed by atoms with Gasteiger partial charge in [-0.15, -0.1) is 10.2 Å². The van der Waals surface area contributed by atoms with Crippen LogP contribution in [0.2, 0.25) is 0 Å². The van der Waals surface area contributed by atoms with Crippen molar-refractivity contribution in [1.82, 2.24) is 19.9 Å². The third-order valence-corrected chi connectivity index (χ3v) is 3.54. The monoisotopic (exact) mass is 350 g/mol. The summed E-state index contributed by atoms with van der Waals surface area (Å²) in [6.45, 7) is -0.0709. The first kappa shape index (κ1) is 16.7. The third kappa shape index (κ3) is 3.54. The lowest BCUT2D eigenvalue weighted by atomic mass is 10.2. The van der Waals surface area contributed by atoms with Crippen LogP contribution < -0.4 is 10.1 Å². The van der Waals surface area contributed by atoms with Gasteiger partial charge in [-0.1, -0.05) is 6.07 Å². The lowest BCUT2D eigenvalue weighted by Gasteiger charge is -2.08. The van der Waals surface area contributed by atoms with Crippen LogP contribution in [0.25, 0.3) is 5.65 Å². The molecule has 0 fully saturated rings. The molecule has 2 heterocycles. The summed E-state index contributed by atoms with van der Waals surface area (Å²) >= 11 is 0. The zero-order chi connectivity index (χ0) is 18.0. The van der Waals surface area contributed by atoms with Crippen molar-refractivity contribution in [2.75, 3.05) is 7.11 Å². The van der Waals surface area contributed by atoms with Crippen molar-refractivity contribution in [3.8, 4) is 5.75 Å². The minimum absolute atomic E-state index is 0.0709. The quantitative estimate of drug-likeness (QED) is 0.786. The summed E-state index contributed by atoms with van der Waals surface area (Å²) in [5.41, 5.74) is -0.192. The second-order valence-electron chi connectivity index (χ2n) is 5.17. The van der Waals surface area contributed by atoms with E-state index in [9.17, 15) is 18.0 Å². The van der Waals surface area contributed by atoms with E-state index in [-0.39, 0.29) is 18.0 Å². The molecule has 1 amide bonds. The Morgan fingerprint density at radius 2 is 2.04 bits per heavy atom. The van der Waals surface area contributed by atoms with Gasteiger partial charge in [0.05, 0.1) is 19.2 Å². The predicted octanol–water partition coefficient (Wildman–Crippen LogP) is 2.69. The molecule has 9 heteroatoms. The van der Waals surface area contributed by atoms with E-state index in [1.807, 2.05) is 0 Å². The summed E-state index contributed by atoms with van der Waals surface area (Å²) in [6, 6.07) is 8.67. The number of nitrogens with zero attached hydrogens (tertiary/aromatic N) is 3. The molecule has 25 heavy (non-hydrogen) atoms. The number of nitrogens with one attached hydrogen (secondary N) is 1. The van der Waals surface area contributed by atoms with Gasteiger partial charge in [-0.2, -0.15) is 13.2 Å². The fourth-order valence-electron chi connectivity index (χ4n) is 2.25. The highest BCUT2D eigenvalue weighted by Crippen LogP contribution is 2.29. The molecule has 0 unspecified atom stereocenters. The Hall–Kier alpha value is -3.10. The van der Waals surface area contributed by atoms with Crippen LogP contribution in [0.3, 0.4) is 0 Å². The van der Waals surface area contributed by atoms with Crippen molar-refractivity contribution in [2.45, 2.75) is 12.7 Å². The normalized spacial score (nSPS) is 11.5. The van der Waals surface area contributed by atoms with Crippen LogP contribution in [0.15, 0.2) is 42.6 Å². The number of halogens is 3. The number of fused-ring (bicyclic) bond motifs is 1. The van der Waals surface area contributed by atoms with Crippen molar-refractivity contribution in [2.24, 2.45) is 0 Å². The lowest BCUT2D eigenvalue weighted by Crippen LogP contribution is -2.24. The summed E-state index contributed by atoms with van der Waals surface area (Å²) in [5.74, 6) is 0.315. The summed E-state index contributed by atoms with van der Waals surface area (Å²) in [4.78, 5) is 12.2. The molecule has 0 radical (unpaired) electrons. The van der Waals surface area contributed by atoms with Crippen molar-refractivity contribution in [1.29, 1.82) is 0 Å². The van der Waals surface area contributed by atoms with Crippen LogP contribution in [0, 0.1) is 0 Å². The summed E-state index contributed by atoms with van der Waals surface area (Å²) in [6.07, 6.45) is -3.57. The minimum atomic E-state index is -4.47. The van der Waals surface area contributed by atoms with Gasteiger partial charge in [0.25, 0.3) is 5.91 Å². The Labute approximate surface area is 140 Å². The Kier molecular flexibility index (Phi) is 4.30. The molecule has 6 nitrogen and oxygen atoms in total. The topological polar surface area (TPSA) is 68.5 Å². The number of alkyl halides is 3. The van der Waals surface area contributed by atoms with E-state index in [0.717, 1.165) is 12.3 Å². The molecule has 0 spiro atoms. The van der Waals surface area contributed by atoms with Gasteiger partial charge in [0.2, 0.25) is 0 Å². The van der Waals surface area contributed by atoms with Gasteiger partial charge >= 0.3 is 6.18 Å². The molecule has 130 valence electrons. The van der Waals surface area contributed by atoms with Crippen LogP contribution in [0.4, 0.5) is 13.2 Å². The van der Waals surface area contributed by atoms with Crippen LogP contribution in [-0.4, -0.2) is 27.6 Å². The van der Waals surface area contributed by atoms with Gasteiger partial charge in [0.15, 0.2) is 11.5 Å². The molecule has 0 aliphatic heterocycles. The highest BCUT2D eigenvalue weighted by molar-refractivity contribution is 5.94. The molecule has 3 aromatic rings. The molecule has 2 aromatic heterocycles. The van der Waals surface area contributed by atoms with Crippen LogP contribution in [0.1, 0.15) is 21.7 Å². The van der Waals surface area contributed by atoms with E-state index in [1.54, 1.807) is 24.3 Å². The molecule has 0 atom stereocenters. The maximum atomic E-state index is 12.8. The van der Waals surface area contributed by atoms with Crippen LogP contribution >= 0.6 is 0 Å². The van der Waals surface area contributed by atoms with Crippen molar-refractivity contribution < 1.29 is 22.7 Å². The average molecular weight is 350 g/mol. The zero-order valence-corrected chi connectivity index (χ0v) is 13.0. The second kappa shape index (κ2) is 6.42. The zero-order valence-electron chi connectivity index (χ0n) is 13.0. The predicted molar refractivity (Wildman–Crippen MR) is 82.2 cm³/mol. The first-order valence-corrected chi connectivity index (χ1v) is 7.21. The summed E-state index contributed by atoms with van der Waals surface area (Å²) < 4.78 is 44.7. The Balaban J connectivity index is 1.79. The second-order valence-corrected chi connectivity index (χ2v) is 5.17. The molecule has 3 rings (SSSR count). The first-order valence-electron chi connectivity index (χ1n) is 7.21. The number of rotatable bonds is 4. The van der Waals surface area contributed by atoms with E-state index < -0.39 is 17.6 Å². The van der Waals surface area contributed by atoms with Crippen LogP contribution in [0.5, 0.6) is 5.75 Å². The third-order valence-electron chi connectivity index (χ3n) is 3.54. The molecule has 0 saturated carbocycles. The van der Waals surface area contributed by atoms with Gasteiger partial charge in [-0.3, -0.25) is 9.20 Å². The van der Waals surface area contributed by atoms with E-state index in [4.69, 9.17) is 4.74 Å². The number of benzene rings is 1. The molecule has 1 aromatic carbocycles. The van der Waals surface area contributed by atoms with E-state index in [1.165, 1.54) is 17.6 Å². The van der Waals surface area contributed by atoms with Crippen molar-refractivity contribution >= 4 is 11.6 Å². The summed E-state index contributed by atoms with van der Waals surface area (Å²) in [5, 5.41) is 10.2. The number of carbonyl (C=O) groups is 1. The van der Waals surface area contributed by atoms with Gasteiger partial charge in [-0.25, -0.2) is 0 Å². The van der Waals surface area contributed by atoms with E-state index in [0.29, 0.717) is 11.3 Å². The largest absolute Gasteiger partial charge is 0.497 e. The van der Waals surface area contributed by atoms with Gasteiger partial charge < -0.3 is 10.1 Å². The SMILES string of the molecule is COc1cccc(C(=O)NCc2nnc3ccc(C(F)(F)F)cn23)c1. The minimum Gasteiger partial charge on any atom is -0.497 e. The number of amides is 1. The maximum absolute atomic E-state index is 12.8. The molecule has 0 aliphatic carbocycles. The molecule has 0 aliphatic rings.